The van der Waals surface area contributed by atoms with E-state index in [1.165, 1.54) is 9.80 Å². The number of rotatable bonds is 10. The molecule has 2 rings (SSSR count). The number of aliphatic hydroxyl groups is 1. The van der Waals surface area contributed by atoms with Gasteiger partial charge >= 0.3 is 5.97 Å². The third kappa shape index (κ3) is 5.67. The third-order valence-electron chi connectivity index (χ3n) is 5.74. The van der Waals surface area contributed by atoms with Crippen LogP contribution < -0.4 is 16.8 Å². The molecule has 11 heteroatoms. The lowest BCUT2D eigenvalue weighted by Crippen LogP contribution is -2.57. The maximum atomic E-state index is 12.8. The molecule has 2 saturated heterocycles. The Morgan fingerprint density at radius 1 is 1.00 bits per heavy atom. The van der Waals surface area contributed by atoms with Crippen molar-refractivity contribution in [2.45, 2.75) is 69.1 Å². The second kappa shape index (κ2) is 11.2. The van der Waals surface area contributed by atoms with Gasteiger partial charge in [0, 0.05) is 13.1 Å². The first-order valence-electron chi connectivity index (χ1n) is 10.5. The van der Waals surface area contributed by atoms with Gasteiger partial charge in [0.15, 0.2) is 0 Å². The summed E-state index contributed by atoms with van der Waals surface area (Å²) in [6.45, 7) is 0.513. The molecule has 2 heterocycles. The fourth-order valence-electron chi connectivity index (χ4n) is 4.09. The molecule has 0 aromatic carbocycles. The van der Waals surface area contributed by atoms with Crippen LogP contribution in [-0.2, 0) is 19.2 Å². The highest BCUT2D eigenvalue weighted by molar-refractivity contribution is 5.94. The number of aliphatic carboxylic acids is 1. The summed E-state index contributed by atoms with van der Waals surface area (Å²) in [5.74, 6) is -2.61. The van der Waals surface area contributed by atoms with Crippen LogP contribution >= 0.6 is 0 Å². The van der Waals surface area contributed by atoms with Crippen molar-refractivity contribution >= 4 is 23.7 Å². The van der Waals surface area contributed by atoms with Crippen molar-refractivity contribution in [1.82, 2.24) is 15.1 Å². The van der Waals surface area contributed by atoms with Crippen molar-refractivity contribution in [3.05, 3.63) is 0 Å². The van der Waals surface area contributed by atoms with Gasteiger partial charge in [0.25, 0.3) is 0 Å². The Kier molecular flexibility index (Phi) is 9.00. The molecule has 0 radical (unpaired) electrons. The average Bonchev–Trinajstić information content (AvgIpc) is 3.40. The molecule has 0 bridgehead atoms. The molecule has 7 N–H and O–H groups in total. The summed E-state index contributed by atoms with van der Waals surface area (Å²) < 4.78 is 0. The first-order valence-corrected chi connectivity index (χ1v) is 10.5. The Balaban J connectivity index is 1.99. The van der Waals surface area contributed by atoms with Crippen LogP contribution in [0.15, 0.2) is 0 Å². The Morgan fingerprint density at radius 3 is 2.17 bits per heavy atom. The normalized spacial score (nSPS) is 23.3. The fourth-order valence-corrected chi connectivity index (χ4v) is 4.09. The van der Waals surface area contributed by atoms with Gasteiger partial charge in [-0.05, 0) is 45.1 Å². The van der Waals surface area contributed by atoms with Gasteiger partial charge in [0.1, 0.15) is 18.1 Å². The van der Waals surface area contributed by atoms with Gasteiger partial charge in [-0.25, -0.2) is 4.79 Å². The van der Waals surface area contributed by atoms with Crippen molar-refractivity contribution < 1.29 is 29.4 Å². The van der Waals surface area contributed by atoms with E-state index in [0.717, 1.165) is 12.8 Å². The molecule has 0 aromatic heterocycles. The second-order valence-corrected chi connectivity index (χ2v) is 7.85. The summed E-state index contributed by atoms with van der Waals surface area (Å²) in [4.78, 5) is 52.1. The van der Waals surface area contributed by atoms with E-state index in [-0.39, 0.29) is 12.5 Å². The van der Waals surface area contributed by atoms with E-state index in [2.05, 4.69) is 5.32 Å². The molecule has 4 atom stereocenters. The van der Waals surface area contributed by atoms with E-state index in [9.17, 15) is 29.4 Å². The number of amides is 3. The van der Waals surface area contributed by atoms with Crippen LogP contribution in [-0.4, -0.2) is 94.1 Å². The SMILES string of the molecule is NCCCCC(N)C(=O)N1CCCC1C(=O)NC(CO)C(=O)N1CCCC1C(=O)O. The summed E-state index contributed by atoms with van der Waals surface area (Å²) in [7, 11) is 0. The Bertz CT molecular complexity index is 645. The highest BCUT2D eigenvalue weighted by atomic mass is 16.4. The van der Waals surface area contributed by atoms with E-state index < -0.39 is 48.6 Å². The average molecular weight is 428 g/mol. The van der Waals surface area contributed by atoms with Crippen molar-refractivity contribution in [3.8, 4) is 0 Å². The second-order valence-electron chi connectivity index (χ2n) is 7.85. The van der Waals surface area contributed by atoms with Gasteiger partial charge in [-0.15, -0.1) is 0 Å². The molecule has 11 nitrogen and oxygen atoms in total. The number of carbonyl (C=O) groups excluding carboxylic acids is 3. The van der Waals surface area contributed by atoms with Crippen LogP contribution in [0.4, 0.5) is 0 Å². The number of nitrogens with one attached hydrogen (secondary N) is 1. The maximum Gasteiger partial charge on any atom is 0.326 e. The lowest BCUT2D eigenvalue weighted by atomic mass is 10.1. The van der Waals surface area contributed by atoms with Gasteiger partial charge in [-0.1, -0.05) is 6.42 Å². The maximum absolute atomic E-state index is 12.8. The molecule has 0 saturated carbocycles. The van der Waals surface area contributed by atoms with E-state index in [0.29, 0.717) is 45.2 Å². The molecule has 0 aliphatic carbocycles. The Hall–Kier alpha value is -2.24. The number of likely N-dealkylation sites (tertiary alicyclic amines) is 2. The first-order chi connectivity index (χ1) is 14.3. The smallest absolute Gasteiger partial charge is 0.326 e. The lowest BCUT2D eigenvalue weighted by molar-refractivity contribution is -0.150. The van der Waals surface area contributed by atoms with Gasteiger partial charge in [-0.3, -0.25) is 14.4 Å². The number of nitrogens with zero attached hydrogens (tertiary/aromatic N) is 2. The summed E-state index contributed by atoms with van der Waals surface area (Å²) in [6.07, 6.45) is 3.89. The molecule has 2 aliphatic heterocycles. The van der Waals surface area contributed by atoms with Crippen molar-refractivity contribution in [2.75, 3.05) is 26.2 Å². The van der Waals surface area contributed by atoms with Gasteiger partial charge in [0.2, 0.25) is 17.7 Å². The highest BCUT2D eigenvalue weighted by Crippen LogP contribution is 2.21. The minimum atomic E-state index is -1.26. The number of hydrogen-bond acceptors (Lipinski definition) is 7. The van der Waals surface area contributed by atoms with E-state index in [4.69, 9.17) is 11.5 Å². The van der Waals surface area contributed by atoms with Crippen LogP contribution in [0.25, 0.3) is 0 Å². The van der Waals surface area contributed by atoms with Gasteiger partial charge < -0.3 is 36.8 Å². The summed E-state index contributed by atoms with van der Waals surface area (Å²) >= 11 is 0. The molecular formula is C19H33N5O6. The number of hydrogen-bond donors (Lipinski definition) is 5. The fraction of sp³-hybridized carbons (Fsp3) is 0.789. The molecule has 2 aliphatic rings. The predicted molar refractivity (Wildman–Crippen MR) is 107 cm³/mol. The molecule has 30 heavy (non-hydrogen) atoms. The van der Waals surface area contributed by atoms with Crippen molar-refractivity contribution in [3.63, 3.8) is 0 Å². The monoisotopic (exact) mass is 427 g/mol. The number of unbranched alkanes of at least 4 members (excludes halogenated alkanes) is 1. The van der Waals surface area contributed by atoms with Crippen molar-refractivity contribution in [1.29, 1.82) is 0 Å². The van der Waals surface area contributed by atoms with Crippen LogP contribution in [0.1, 0.15) is 44.9 Å². The van der Waals surface area contributed by atoms with Gasteiger partial charge in [0.05, 0.1) is 12.6 Å². The van der Waals surface area contributed by atoms with Crippen LogP contribution in [0.5, 0.6) is 0 Å². The van der Waals surface area contributed by atoms with E-state index in [1.54, 1.807) is 0 Å². The van der Waals surface area contributed by atoms with Crippen LogP contribution in [0.3, 0.4) is 0 Å². The zero-order chi connectivity index (χ0) is 22.3. The topological polar surface area (TPSA) is 179 Å². The summed E-state index contributed by atoms with van der Waals surface area (Å²) in [5.41, 5.74) is 11.4. The Morgan fingerprint density at radius 2 is 1.60 bits per heavy atom. The standard InChI is InChI=1S/C19H33N5O6/c20-8-2-1-5-12(21)17(27)23-9-3-6-14(23)16(26)22-13(11-25)18(28)24-10-4-7-15(24)19(29)30/h12-15,25H,1-11,20-21H2,(H,22,26)(H,29,30). The zero-order valence-corrected chi connectivity index (χ0v) is 17.2. The van der Waals surface area contributed by atoms with E-state index in [1.807, 2.05) is 0 Å². The molecule has 0 aromatic rings. The predicted octanol–water partition coefficient (Wildman–Crippen LogP) is -2.01. The van der Waals surface area contributed by atoms with E-state index >= 15 is 0 Å². The van der Waals surface area contributed by atoms with Gasteiger partial charge in [-0.2, -0.15) is 0 Å². The minimum absolute atomic E-state index is 0.258. The highest BCUT2D eigenvalue weighted by Gasteiger charge is 2.40. The third-order valence-corrected chi connectivity index (χ3v) is 5.74. The largest absolute Gasteiger partial charge is 0.480 e. The first kappa shape index (κ1) is 24.0. The molecular weight excluding hydrogens is 394 g/mol. The number of nitrogens with two attached hydrogens (primary N) is 2. The number of carboxylic acid groups (broad SMARTS) is 1. The summed E-state index contributed by atoms with van der Waals surface area (Å²) in [5, 5.41) is 21.4. The summed E-state index contributed by atoms with van der Waals surface area (Å²) in [6, 6.07) is -3.71. The molecule has 2 fully saturated rings. The zero-order valence-electron chi connectivity index (χ0n) is 17.2. The quantitative estimate of drug-likeness (QED) is 0.248. The molecule has 4 unspecified atom stereocenters. The Labute approximate surface area is 175 Å². The minimum Gasteiger partial charge on any atom is -0.480 e. The molecule has 0 spiro atoms. The molecule has 3 amide bonds. The van der Waals surface area contributed by atoms with Crippen LogP contribution in [0, 0.1) is 0 Å². The lowest BCUT2D eigenvalue weighted by Gasteiger charge is -2.30. The van der Waals surface area contributed by atoms with Crippen LogP contribution in [0.2, 0.25) is 0 Å². The number of carbonyl (C=O) groups is 4. The number of aliphatic hydroxyl groups excluding tert-OH is 1. The molecule has 170 valence electrons. The van der Waals surface area contributed by atoms with Crippen molar-refractivity contribution in [2.24, 2.45) is 11.5 Å². The number of carboxylic acids is 1.